The molecule has 0 aliphatic rings. The van der Waals surface area contributed by atoms with Gasteiger partial charge in [0.1, 0.15) is 0 Å². The van der Waals surface area contributed by atoms with Crippen molar-refractivity contribution in [1.29, 1.82) is 0 Å². The van der Waals surface area contributed by atoms with Crippen molar-refractivity contribution in [2.45, 2.75) is 20.4 Å². The third-order valence-corrected chi connectivity index (χ3v) is 2.70. The van der Waals surface area contributed by atoms with E-state index in [0.717, 1.165) is 24.0 Å². The molecule has 0 saturated carbocycles. The molecule has 0 bridgehead atoms. The second-order valence-electron chi connectivity index (χ2n) is 4.75. The summed E-state index contributed by atoms with van der Waals surface area (Å²) in [5.41, 5.74) is 0.851. The van der Waals surface area contributed by atoms with Gasteiger partial charge in [-0.1, -0.05) is 19.9 Å². The molecule has 2 rings (SSSR count). The van der Waals surface area contributed by atoms with E-state index in [4.69, 9.17) is 0 Å². The standard InChI is InChI=1S/C13H20N6.HI/c1-10(2)8-15-13(14-3)16-9-12-18-17-11-6-4-5-7-19(11)12;/h4-7,10H,8-9H2,1-3H3,(H2,14,15,16);1H. The molecule has 0 fully saturated rings. The molecule has 0 saturated heterocycles. The largest absolute Gasteiger partial charge is 0.356 e. The van der Waals surface area contributed by atoms with Gasteiger partial charge < -0.3 is 10.6 Å². The van der Waals surface area contributed by atoms with Gasteiger partial charge in [0, 0.05) is 19.8 Å². The normalized spacial score (nSPS) is 11.5. The van der Waals surface area contributed by atoms with Gasteiger partial charge in [-0.15, -0.1) is 34.2 Å². The average molecular weight is 388 g/mol. The van der Waals surface area contributed by atoms with Crippen molar-refractivity contribution in [1.82, 2.24) is 25.2 Å². The Kier molecular flexibility index (Phi) is 6.69. The van der Waals surface area contributed by atoms with Gasteiger partial charge in [-0.05, 0) is 18.1 Å². The van der Waals surface area contributed by atoms with Gasteiger partial charge in [-0.3, -0.25) is 9.39 Å². The lowest BCUT2D eigenvalue weighted by atomic mass is 10.2. The van der Waals surface area contributed by atoms with Crippen LogP contribution < -0.4 is 10.6 Å². The van der Waals surface area contributed by atoms with Crippen LogP contribution in [0.25, 0.3) is 5.65 Å². The van der Waals surface area contributed by atoms with Gasteiger partial charge in [-0.2, -0.15) is 0 Å². The maximum Gasteiger partial charge on any atom is 0.191 e. The third kappa shape index (κ3) is 4.32. The first-order chi connectivity index (χ1) is 9.20. The molecule has 0 aliphatic heterocycles. The van der Waals surface area contributed by atoms with Gasteiger partial charge in [0.15, 0.2) is 17.4 Å². The molecule has 0 unspecified atom stereocenters. The number of rotatable bonds is 4. The van der Waals surface area contributed by atoms with Crippen LogP contribution in [-0.2, 0) is 6.54 Å². The predicted octanol–water partition coefficient (Wildman–Crippen LogP) is 1.67. The second kappa shape index (κ2) is 8.03. The summed E-state index contributed by atoms with van der Waals surface area (Å²) in [4.78, 5) is 4.18. The summed E-state index contributed by atoms with van der Waals surface area (Å²) in [5.74, 6) is 2.22. The quantitative estimate of drug-likeness (QED) is 0.475. The summed E-state index contributed by atoms with van der Waals surface area (Å²) in [6.45, 7) is 5.79. The predicted molar refractivity (Wildman–Crippen MR) is 91.4 cm³/mol. The molecule has 2 aromatic rings. The Balaban J connectivity index is 0.00000200. The molecular formula is C13H21IN6. The van der Waals surface area contributed by atoms with Crippen molar-refractivity contribution in [2.24, 2.45) is 10.9 Å². The first-order valence-electron chi connectivity index (χ1n) is 6.44. The van der Waals surface area contributed by atoms with E-state index in [-0.39, 0.29) is 24.0 Å². The number of guanidine groups is 1. The fraction of sp³-hybridized carbons (Fsp3) is 0.462. The number of hydrogen-bond acceptors (Lipinski definition) is 3. The van der Waals surface area contributed by atoms with Crippen LogP contribution >= 0.6 is 24.0 Å². The summed E-state index contributed by atoms with van der Waals surface area (Å²) in [7, 11) is 1.76. The smallest absolute Gasteiger partial charge is 0.191 e. The number of nitrogens with one attached hydrogen (secondary N) is 2. The maximum absolute atomic E-state index is 4.18. The van der Waals surface area contributed by atoms with Crippen LogP contribution in [-0.4, -0.2) is 34.2 Å². The van der Waals surface area contributed by atoms with E-state index in [1.165, 1.54) is 0 Å². The van der Waals surface area contributed by atoms with Crippen LogP contribution in [0, 0.1) is 5.92 Å². The molecule has 2 N–H and O–H groups in total. The highest BCUT2D eigenvalue weighted by atomic mass is 127. The van der Waals surface area contributed by atoms with Gasteiger partial charge in [0.05, 0.1) is 6.54 Å². The zero-order chi connectivity index (χ0) is 13.7. The van der Waals surface area contributed by atoms with E-state index >= 15 is 0 Å². The summed E-state index contributed by atoms with van der Waals surface area (Å²) < 4.78 is 1.96. The third-order valence-electron chi connectivity index (χ3n) is 2.70. The van der Waals surface area contributed by atoms with Crippen LogP contribution in [0.15, 0.2) is 29.4 Å². The number of pyridine rings is 1. The highest BCUT2D eigenvalue weighted by molar-refractivity contribution is 14.0. The monoisotopic (exact) mass is 388 g/mol. The molecule has 0 radical (unpaired) electrons. The number of hydrogen-bond donors (Lipinski definition) is 2. The Morgan fingerprint density at radius 2 is 2.10 bits per heavy atom. The number of halogens is 1. The Hall–Kier alpha value is -1.38. The van der Waals surface area contributed by atoms with Crippen LogP contribution in [0.5, 0.6) is 0 Å². The van der Waals surface area contributed by atoms with Crippen molar-refractivity contribution in [3.05, 3.63) is 30.2 Å². The highest BCUT2D eigenvalue weighted by Gasteiger charge is 2.05. The molecule has 0 spiro atoms. The number of aromatic nitrogens is 3. The topological polar surface area (TPSA) is 66.6 Å². The Labute approximate surface area is 136 Å². The number of fused-ring (bicyclic) bond motifs is 1. The first kappa shape index (κ1) is 16.7. The number of aliphatic imine (C=N–C) groups is 1. The zero-order valence-electron chi connectivity index (χ0n) is 12.0. The Morgan fingerprint density at radius 3 is 2.80 bits per heavy atom. The molecule has 0 atom stereocenters. The minimum absolute atomic E-state index is 0. The fourth-order valence-electron chi connectivity index (χ4n) is 1.70. The van der Waals surface area contributed by atoms with E-state index in [0.29, 0.717) is 12.5 Å². The van der Waals surface area contributed by atoms with Crippen molar-refractivity contribution in [3.8, 4) is 0 Å². The van der Waals surface area contributed by atoms with Crippen LogP contribution in [0.1, 0.15) is 19.7 Å². The van der Waals surface area contributed by atoms with Gasteiger partial charge in [-0.25, -0.2) is 0 Å². The SMILES string of the molecule is CN=C(NCc1nnc2ccccn12)NCC(C)C.I. The minimum Gasteiger partial charge on any atom is -0.356 e. The van der Waals surface area contributed by atoms with Crippen LogP contribution in [0.3, 0.4) is 0 Å². The van der Waals surface area contributed by atoms with Gasteiger partial charge >= 0.3 is 0 Å². The lowest BCUT2D eigenvalue weighted by Gasteiger charge is -2.12. The molecule has 7 heteroatoms. The van der Waals surface area contributed by atoms with Crippen LogP contribution in [0.4, 0.5) is 0 Å². The molecule has 6 nitrogen and oxygen atoms in total. The van der Waals surface area contributed by atoms with E-state index in [2.05, 4.69) is 39.7 Å². The second-order valence-corrected chi connectivity index (χ2v) is 4.75. The molecule has 2 aromatic heterocycles. The molecule has 0 amide bonds. The van der Waals surface area contributed by atoms with E-state index < -0.39 is 0 Å². The van der Waals surface area contributed by atoms with E-state index in [9.17, 15) is 0 Å². The van der Waals surface area contributed by atoms with E-state index in [1.807, 2.05) is 28.8 Å². The first-order valence-corrected chi connectivity index (χ1v) is 6.44. The zero-order valence-corrected chi connectivity index (χ0v) is 14.3. The molecule has 0 aliphatic carbocycles. The van der Waals surface area contributed by atoms with Gasteiger partial charge in [0.2, 0.25) is 0 Å². The average Bonchev–Trinajstić information content (AvgIpc) is 2.82. The van der Waals surface area contributed by atoms with Crippen molar-refractivity contribution in [3.63, 3.8) is 0 Å². The lowest BCUT2D eigenvalue weighted by molar-refractivity contribution is 0.613. The summed E-state index contributed by atoms with van der Waals surface area (Å²) in [6.07, 6.45) is 1.96. The van der Waals surface area contributed by atoms with Crippen molar-refractivity contribution in [2.75, 3.05) is 13.6 Å². The highest BCUT2D eigenvalue weighted by Crippen LogP contribution is 2.02. The maximum atomic E-state index is 4.18. The number of nitrogens with zero attached hydrogens (tertiary/aromatic N) is 4. The Morgan fingerprint density at radius 1 is 1.30 bits per heavy atom. The van der Waals surface area contributed by atoms with Crippen molar-refractivity contribution < 1.29 is 0 Å². The van der Waals surface area contributed by atoms with E-state index in [1.54, 1.807) is 7.05 Å². The fourth-order valence-corrected chi connectivity index (χ4v) is 1.70. The minimum atomic E-state index is 0. The molecule has 0 aromatic carbocycles. The van der Waals surface area contributed by atoms with Gasteiger partial charge in [0.25, 0.3) is 0 Å². The van der Waals surface area contributed by atoms with Crippen molar-refractivity contribution >= 4 is 35.6 Å². The lowest BCUT2D eigenvalue weighted by Crippen LogP contribution is -2.38. The summed E-state index contributed by atoms with van der Waals surface area (Å²) in [6, 6.07) is 5.85. The molecule has 2 heterocycles. The van der Waals surface area contributed by atoms with Crippen LogP contribution in [0.2, 0.25) is 0 Å². The molecular weight excluding hydrogens is 367 g/mol. The molecule has 20 heavy (non-hydrogen) atoms. The summed E-state index contributed by atoms with van der Waals surface area (Å²) in [5, 5.41) is 14.8. The Bertz CT molecular complexity index is 563. The molecule has 110 valence electrons. The summed E-state index contributed by atoms with van der Waals surface area (Å²) >= 11 is 0.